The van der Waals surface area contributed by atoms with Gasteiger partial charge in [0.15, 0.2) is 0 Å². The molecule has 1 atom stereocenters. The fourth-order valence-corrected chi connectivity index (χ4v) is 3.21. The maximum Gasteiger partial charge on any atom is 0.137 e. The van der Waals surface area contributed by atoms with Crippen LogP contribution in [0.1, 0.15) is 26.9 Å². The third kappa shape index (κ3) is 2.59. The van der Waals surface area contributed by atoms with Crippen LogP contribution < -0.4 is 5.73 Å². The molecule has 1 unspecified atom stereocenters. The molecule has 0 aliphatic carbocycles. The summed E-state index contributed by atoms with van der Waals surface area (Å²) >= 11 is 4.92. The van der Waals surface area contributed by atoms with E-state index >= 15 is 0 Å². The summed E-state index contributed by atoms with van der Waals surface area (Å²) in [5.74, 6) is -0.265. The molecule has 0 bridgehead atoms. The fourth-order valence-electron chi connectivity index (χ4n) is 1.84. The van der Waals surface area contributed by atoms with Crippen molar-refractivity contribution in [3.05, 3.63) is 55.4 Å². The van der Waals surface area contributed by atoms with Crippen LogP contribution in [0.2, 0.25) is 0 Å². The van der Waals surface area contributed by atoms with Crippen LogP contribution in [0.3, 0.4) is 0 Å². The first-order valence-electron chi connectivity index (χ1n) is 5.26. The molecule has 90 valence electrons. The molecule has 0 radical (unpaired) electrons. The number of hydrogen-bond donors (Lipinski definition) is 1. The Labute approximate surface area is 113 Å². The third-order valence-corrected chi connectivity index (χ3v) is 4.31. The van der Waals surface area contributed by atoms with Crippen molar-refractivity contribution in [3.8, 4) is 0 Å². The van der Waals surface area contributed by atoms with E-state index in [2.05, 4.69) is 35.8 Å². The fraction of sp³-hybridized carbons (Fsp3) is 0.231. The number of aryl methyl sites for hydroxylation is 2. The minimum atomic E-state index is -0.265. The first-order chi connectivity index (χ1) is 7.99. The molecular weight excluding hydrogens is 301 g/mol. The first kappa shape index (κ1) is 12.7. The largest absolute Gasteiger partial charge is 0.320 e. The summed E-state index contributed by atoms with van der Waals surface area (Å²) in [4.78, 5) is 2.46. The van der Waals surface area contributed by atoms with Gasteiger partial charge in [-0.25, -0.2) is 4.39 Å². The number of hydrogen-bond acceptors (Lipinski definition) is 2. The zero-order valence-corrected chi connectivity index (χ0v) is 12.0. The number of nitrogens with two attached hydrogens (primary N) is 1. The van der Waals surface area contributed by atoms with Crippen molar-refractivity contribution >= 4 is 27.3 Å². The van der Waals surface area contributed by atoms with Crippen molar-refractivity contribution in [2.75, 3.05) is 0 Å². The summed E-state index contributed by atoms with van der Waals surface area (Å²) in [5.41, 5.74) is 8.25. The molecule has 4 heteroatoms. The number of thiophene rings is 1. The summed E-state index contributed by atoms with van der Waals surface area (Å²) < 4.78 is 13.6. The van der Waals surface area contributed by atoms with Crippen LogP contribution in [0.25, 0.3) is 0 Å². The van der Waals surface area contributed by atoms with Gasteiger partial charge in [-0.05, 0) is 59.1 Å². The second-order valence-electron chi connectivity index (χ2n) is 4.02. The molecule has 0 spiro atoms. The van der Waals surface area contributed by atoms with Crippen LogP contribution in [0.15, 0.2) is 28.7 Å². The van der Waals surface area contributed by atoms with Gasteiger partial charge in [0.1, 0.15) is 5.82 Å². The Hall–Kier alpha value is -0.710. The zero-order valence-electron chi connectivity index (χ0n) is 9.63. The second kappa shape index (κ2) is 4.88. The predicted octanol–water partition coefficient (Wildman–Crippen LogP) is 4.31. The molecular formula is C13H13BrFNS. The molecule has 0 amide bonds. The third-order valence-electron chi connectivity index (χ3n) is 2.72. The minimum absolute atomic E-state index is 0.197. The van der Waals surface area contributed by atoms with Crippen molar-refractivity contribution in [3.63, 3.8) is 0 Å². The van der Waals surface area contributed by atoms with Crippen LogP contribution in [0, 0.1) is 19.7 Å². The topological polar surface area (TPSA) is 26.0 Å². The normalized spacial score (nSPS) is 12.8. The maximum atomic E-state index is 13.2. The lowest BCUT2D eigenvalue weighted by molar-refractivity contribution is 0.619. The summed E-state index contributed by atoms with van der Waals surface area (Å²) in [6.45, 7) is 4.12. The Balaban J connectivity index is 2.40. The quantitative estimate of drug-likeness (QED) is 0.878. The van der Waals surface area contributed by atoms with Crippen LogP contribution in [-0.4, -0.2) is 0 Å². The summed E-state index contributed by atoms with van der Waals surface area (Å²) in [5, 5.41) is 0. The molecule has 0 fully saturated rings. The van der Waals surface area contributed by atoms with Crippen molar-refractivity contribution in [2.24, 2.45) is 5.73 Å². The second-order valence-corrected chi connectivity index (χ2v) is 6.33. The van der Waals surface area contributed by atoms with Gasteiger partial charge in [-0.15, -0.1) is 11.3 Å². The van der Waals surface area contributed by atoms with Gasteiger partial charge >= 0.3 is 0 Å². The van der Waals surface area contributed by atoms with E-state index in [0.717, 1.165) is 11.1 Å². The number of rotatable bonds is 2. The van der Waals surface area contributed by atoms with E-state index in [-0.39, 0.29) is 11.9 Å². The summed E-state index contributed by atoms with van der Waals surface area (Å²) in [6.07, 6.45) is 0. The Kier molecular flexibility index (Phi) is 3.66. The van der Waals surface area contributed by atoms with E-state index in [0.29, 0.717) is 4.47 Å². The summed E-state index contributed by atoms with van der Waals surface area (Å²) in [6, 6.07) is 6.82. The summed E-state index contributed by atoms with van der Waals surface area (Å²) in [7, 11) is 0. The molecule has 1 aromatic heterocycles. The highest BCUT2D eigenvalue weighted by Gasteiger charge is 2.14. The molecule has 17 heavy (non-hydrogen) atoms. The molecule has 2 aromatic rings. The van der Waals surface area contributed by atoms with Gasteiger partial charge in [-0.2, -0.15) is 0 Å². The Morgan fingerprint density at radius 1 is 1.29 bits per heavy atom. The van der Waals surface area contributed by atoms with E-state index in [1.54, 1.807) is 23.5 Å². The number of halogens is 2. The van der Waals surface area contributed by atoms with E-state index < -0.39 is 0 Å². The smallest absolute Gasteiger partial charge is 0.137 e. The van der Waals surface area contributed by atoms with Crippen LogP contribution in [0.4, 0.5) is 4.39 Å². The number of benzene rings is 1. The van der Waals surface area contributed by atoms with Crippen molar-refractivity contribution in [2.45, 2.75) is 19.9 Å². The Bertz CT molecular complexity index is 550. The maximum absolute atomic E-state index is 13.2. The van der Waals surface area contributed by atoms with Gasteiger partial charge in [0.2, 0.25) is 0 Å². The highest BCUT2D eigenvalue weighted by molar-refractivity contribution is 9.10. The minimum Gasteiger partial charge on any atom is -0.320 e. The van der Waals surface area contributed by atoms with Gasteiger partial charge in [0, 0.05) is 9.75 Å². The van der Waals surface area contributed by atoms with E-state index in [1.165, 1.54) is 15.8 Å². The highest BCUT2D eigenvalue weighted by atomic mass is 79.9. The molecule has 1 heterocycles. The van der Waals surface area contributed by atoms with Gasteiger partial charge in [0.25, 0.3) is 0 Å². The monoisotopic (exact) mass is 313 g/mol. The SMILES string of the molecule is Cc1cc(C(N)c2ccc(F)c(Br)c2)c(C)s1. The standard InChI is InChI=1S/C13H13BrFNS/c1-7-5-10(8(2)17-7)13(16)9-3-4-12(15)11(14)6-9/h3-6,13H,16H2,1-2H3. The van der Waals surface area contributed by atoms with Crippen LogP contribution in [-0.2, 0) is 0 Å². The highest BCUT2D eigenvalue weighted by Crippen LogP contribution is 2.30. The molecule has 0 aliphatic heterocycles. The van der Waals surface area contributed by atoms with Crippen LogP contribution >= 0.6 is 27.3 Å². The zero-order chi connectivity index (χ0) is 12.6. The lowest BCUT2D eigenvalue weighted by Gasteiger charge is -2.12. The van der Waals surface area contributed by atoms with E-state index in [1.807, 2.05) is 0 Å². The average Bonchev–Trinajstić information content (AvgIpc) is 2.61. The molecule has 0 aliphatic rings. The molecule has 1 nitrogen and oxygen atoms in total. The lowest BCUT2D eigenvalue weighted by atomic mass is 10.0. The van der Waals surface area contributed by atoms with Gasteiger partial charge in [0.05, 0.1) is 10.5 Å². The predicted molar refractivity (Wildman–Crippen MR) is 73.9 cm³/mol. The first-order valence-corrected chi connectivity index (χ1v) is 6.87. The van der Waals surface area contributed by atoms with Gasteiger partial charge < -0.3 is 5.73 Å². The van der Waals surface area contributed by atoms with E-state index in [4.69, 9.17) is 5.73 Å². The van der Waals surface area contributed by atoms with Crippen molar-refractivity contribution < 1.29 is 4.39 Å². The van der Waals surface area contributed by atoms with Crippen LogP contribution in [0.5, 0.6) is 0 Å². The van der Waals surface area contributed by atoms with Gasteiger partial charge in [-0.1, -0.05) is 6.07 Å². The Morgan fingerprint density at radius 2 is 2.00 bits per heavy atom. The molecule has 1 aromatic carbocycles. The average molecular weight is 314 g/mol. The molecule has 2 rings (SSSR count). The Morgan fingerprint density at radius 3 is 2.53 bits per heavy atom. The van der Waals surface area contributed by atoms with Crippen molar-refractivity contribution in [1.29, 1.82) is 0 Å². The lowest BCUT2D eigenvalue weighted by Crippen LogP contribution is -2.12. The van der Waals surface area contributed by atoms with E-state index in [9.17, 15) is 4.39 Å². The molecule has 0 saturated carbocycles. The molecule has 0 saturated heterocycles. The van der Waals surface area contributed by atoms with Crippen molar-refractivity contribution in [1.82, 2.24) is 0 Å². The molecule has 2 N–H and O–H groups in total. The van der Waals surface area contributed by atoms with Gasteiger partial charge in [-0.3, -0.25) is 0 Å².